The van der Waals surface area contributed by atoms with Gasteiger partial charge in [0.05, 0.1) is 11.6 Å². The van der Waals surface area contributed by atoms with Gasteiger partial charge in [-0.3, -0.25) is 0 Å². The number of aryl methyl sites for hydroxylation is 1. The number of rotatable bonds is 3. The van der Waals surface area contributed by atoms with Crippen LogP contribution in [0.1, 0.15) is 12.0 Å². The number of hydrogen-bond acceptors (Lipinski definition) is 1. The predicted molar refractivity (Wildman–Crippen MR) is 62.9 cm³/mol. The summed E-state index contributed by atoms with van der Waals surface area (Å²) in [5.41, 5.74) is 1.03. The molecule has 0 amide bonds. The lowest BCUT2D eigenvalue weighted by molar-refractivity contribution is 0.407. The molecule has 0 radical (unpaired) electrons. The largest absolute Gasteiger partial charge is 0.495 e. The second kappa shape index (κ2) is 5.29. The van der Waals surface area contributed by atoms with Gasteiger partial charge in [-0.1, -0.05) is 11.6 Å². The Hall–Kier alpha value is -0.650. The summed E-state index contributed by atoms with van der Waals surface area (Å²) in [5.74, 6) is 3.40. The number of ether oxygens (including phenoxy) is 1. The average Bonchev–Trinajstić information content (AvgIpc) is 2.14. The standard InChI is InChI=1S/C11H10BrClO/c1-3-4-5-8-6-9(13)7-10(12)11(8)14-2/h1,6-7H,4-5H2,2H3. The van der Waals surface area contributed by atoms with Crippen molar-refractivity contribution in [1.82, 2.24) is 0 Å². The third-order valence-corrected chi connectivity index (χ3v) is 2.64. The maximum absolute atomic E-state index is 5.92. The Morgan fingerprint density at radius 2 is 2.29 bits per heavy atom. The van der Waals surface area contributed by atoms with Crippen LogP contribution in [-0.4, -0.2) is 7.11 Å². The van der Waals surface area contributed by atoms with E-state index in [1.807, 2.05) is 6.07 Å². The first-order valence-electron chi connectivity index (χ1n) is 4.14. The fourth-order valence-corrected chi connectivity index (χ4v) is 2.27. The summed E-state index contributed by atoms with van der Waals surface area (Å²) in [6.07, 6.45) is 6.67. The van der Waals surface area contributed by atoms with Gasteiger partial charge in [0.2, 0.25) is 0 Å². The molecule has 3 heteroatoms. The summed E-state index contributed by atoms with van der Waals surface area (Å²) >= 11 is 9.31. The number of methoxy groups -OCH3 is 1. The smallest absolute Gasteiger partial charge is 0.136 e. The van der Waals surface area contributed by atoms with Gasteiger partial charge in [-0.25, -0.2) is 0 Å². The van der Waals surface area contributed by atoms with Crippen LogP contribution in [-0.2, 0) is 6.42 Å². The third kappa shape index (κ3) is 2.67. The molecule has 0 aliphatic rings. The molecule has 1 rings (SSSR count). The van der Waals surface area contributed by atoms with Gasteiger partial charge in [0.25, 0.3) is 0 Å². The fourth-order valence-electron chi connectivity index (χ4n) is 1.23. The summed E-state index contributed by atoms with van der Waals surface area (Å²) < 4.78 is 6.11. The maximum Gasteiger partial charge on any atom is 0.136 e. The Morgan fingerprint density at radius 3 is 2.86 bits per heavy atom. The molecule has 0 bridgehead atoms. The van der Waals surface area contributed by atoms with Crippen LogP contribution in [0, 0.1) is 12.3 Å². The molecule has 74 valence electrons. The van der Waals surface area contributed by atoms with E-state index >= 15 is 0 Å². The Labute approximate surface area is 97.5 Å². The van der Waals surface area contributed by atoms with Crippen LogP contribution >= 0.6 is 27.5 Å². The molecule has 0 saturated carbocycles. The monoisotopic (exact) mass is 272 g/mol. The van der Waals surface area contributed by atoms with Crippen LogP contribution in [0.25, 0.3) is 0 Å². The van der Waals surface area contributed by atoms with E-state index in [-0.39, 0.29) is 0 Å². The molecule has 14 heavy (non-hydrogen) atoms. The highest BCUT2D eigenvalue weighted by Gasteiger charge is 2.08. The summed E-state index contributed by atoms with van der Waals surface area (Å²) in [6.45, 7) is 0. The van der Waals surface area contributed by atoms with Crippen molar-refractivity contribution in [3.8, 4) is 18.1 Å². The summed E-state index contributed by atoms with van der Waals surface area (Å²) in [7, 11) is 1.63. The van der Waals surface area contributed by atoms with E-state index in [0.717, 1.165) is 22.2 Å². The van der Waals surface area contributed by atoms with E-state index in [1.165, 1.54) is 0 Å². The normalized spacial score (nSPS) is 9.57. The molecule has 1 aromatic rings. The average molecular weight is 274 g/mol. The van der Waals surface area contributed by atoms with Crippen LogP contribution in [0.15, 0.2) is 16.6 Å². The van der Waals surface area contributed by atoms with Gasteiger partial charge >= 0.3 is 0 Å². The molecule has 0 N–H and O–H groups in total. The minimum atomic E-state index is 0.684. The molecule has 0 spiro atoms. The molecule has 0 unspecified atom stereocenters. The van der Waals surface area contributed by atoms with Crippen molar-refractivity contribution in [1.29, 1.82) is 0 Å². The minimum absolute atomic E-state index is 0.684. The highest BCUT2D eigenvalue weighted by Crippen LogP contribution is 2.33. The number of benzene rings is 1. The zero-order chi connectivity index (χ0) is 10.6. The van der Waals surface area contributed by atoms with Gasteiger partial charge in [-0.15, -0.1) is 12.3 Å². The molecule has 0 atom stereocenters. The van der Waals surface area contributed by atoms with E-state index in [4.69, 9.17) is 22.8 Å². The van der Waals surface area contributed by atoms with Gasteiger partial charge in [0.15, 0.2) is 0 Å². The Kier molecular flexibility index (Phi) is 4.31. The summed E-state index contributed by atoms with van der Waals surface area (Å²) in [5, 5.41) is 0.685. The highest BCUT2D eigenvalue weighted by atomic mass is 79.9. The molecular formula is C11H10BrClO. The quantitative estimate of drug-likeness (QED) is 0.764. The number of hydrogen-bond donors (Lipinski definition) is 0. The van der Waals surface area contributed by atoms with Gasteiger partial charge in [-0.05, 0) is 40.0 Å². The van der Waals surface area contributed by atoms with Crippen molar-refractivity contribution >= 4 is 27.5 Å². The molecule has 0 heterocycles. The topological polar surface area (TPSA) is 9.23 Å². The number of halogens is 2. The SMILES string of the molecule is C#CCCc1cc(Cl)cc(Br)c1OC. The molecule has 0 fully saturated rings. The molecular weight excluding hydrogens is 263 g/mol. The van der Waals surface area contributed by atoms with Crippen molar-refractivity contribution < 1.29 is 4.74 Å². The Bertz CT molecular complexity index is 368. The van der Waals surface area contributed by atoms with Gasteiger partial charge < -0.3 is 4.74 Å². The first-order valence-corrected chi connectivity index (χ1v) is 5.31. The van der Waals surface area contributed by atoms with E-state index in [0.29, 0.717) is 11.4 Å². The van der Waals surface area contributed by atoms with Crippen molar-refractivity contribution in [3.05, 3.63) is 27.2 Å². The van der Waals surface area contributed by atoms with Gasteiger partial charge in [-0.2, -0.15) is 0 Å². The molecule has 0 saturated heterocycles. The zero-order valence-electron chi connectivity index (χ0n) is 7.81. The second-order valence-corrected chi connectivity index (χ2v) is 4.07. The highest BCUT2D eigenvalue weighted by molar-refractivity contribution is 9.10. The zero-order valence-corrected chi connectivity index (χ0v) is 10.2. The summed E-state index contributed by atoms with van der Waals surface area (Å²) in [4.78, 5) is 0. The molecule has 0 aliphatic carbocycles. The van der Waals surface area contributed by atoms with Crippen LogP contribution in [0.2, 0.25) is 5.02 Å². The van der Waals surface area contributed by atoms with E-state index < -0.39 is 0 Å². The lowest BCUT2D eigenvalue weighted by Gasteiger charge is -2.09. The van der Waals surface area contributed by atoms with Crippen LogP contribution in [0.4, 0.5) is 0 Å². The first-order chi connectivity index (χ1) is 6.69. The van der Waals surface area contributed by atoms with Crippen molar-refractivity contribution in [2.45, 2.75) is 12.8 Å². The summed E-state index contributed by atoms with van der Waals surface area (Å²) in [6, 6.07) is 3.68. The third-order valence-electron chi connectivity index (χ3n) is 1.83. The van der Waals surface area contributed by atoms with E-state index in [9.17, 15) is 0 Å². The van der Waals surface area contributed by atoms with Crippen LogP contribution in [0.5, 0.6) is 5.75 Å². The Balaban J connectivity index is 3.06. The lowest BCUT2D eigenvalue weighted by Crippen LogP contribution is -1.93. The second-order valence-electron chi connectivity index (χ2n) is 2.78. The lowest BCUT2D eigenvalue weighted by atomic mass is 10.1. The van der Waals surface area contributed by atoms with Gasteiger partial charge in [0.1, 0.15) is 5.75 Å². The molecule has 1 nitrogen and oxygen atoms in total. The fraction of sp³-hybridized carbons (Fsp3) is 0.273. The number of terminal acetylenes is 1. The molecule has 0 aromatic heterocycles. The van der Waals surface area contributed by atoms with Crippen molar-refractivity contribution in [2.24, 2.45) is 0 Å². The van der Waals surface area contributed by atoms with E-state index in [2.05, 4.69) is 21.9 Å². The predicted octanol–water partition coefficient (Wildman–Crippen LogP) is 3.68. The van der Waals surface area contributed by atoms with Crippen LogP contribution < -0.4 is 4.74 Å². The molecule has 1 aromatic carbocycles. The first kappa shape index (κ1) is 11.4. The van der Waals surface area contributed by atoms with Crippen molar-refractivity contribution in [2.75, 3.05) is 7.11 Å². The Morgan fingerprint density at radius 1 is 1.57 bits per heavy atom. The molecule has 0 aliphatic heterocycles. The van der Waals surface area contributed by atoms with Crippen LogP contribution in [0.3, 0.4) is 0 Å². The van der Waals surface area contributed by atoms with E-state index in [1.54, 1.807) is 13.2 Å². The van der Waals surface area contributed by atoms with Crippen molar-refractivity contribution in [3.63, 3.8) is 0 Å². The maximum atomic E-state index is 5.92. The minimum Gasteiger partial charge on any atom is -0.495 e. The van der Waals surface area contributed by atoms with Gasteiger partial charge in [0, 0.05) is 11.4 Å².